The molecule has 0 saturated carbocycles. The average Bonchev–Trinajstić information content (AvgIpc) is 2.06. The van der Waals surface area contributed by atoms with Crippen LogP contribution in [0.2, 0.25) is 0 Å². The topological polar surface area (TPSA) is 55.0 Å². The summed E-state index contributed by atoms with van der Waals surface area (Å²) in [7, 11) is 1.85. The maximum Gasteiger partial charge on any atom is 0.151 e. The number of hydrogen-bond acceptors (Lipinski definition) is 4. The molecule has 1 aromatic rings. The highest BCUT2D eigenvalue weighted by atomic mass is 15.3. The first-order valence-corrected chi connectivity index (χ1v) is 3.48. The van der Waals surface area contributed by atoms with Crippen molar-refractivity contribution in [3.05, 3.63) is 12.1 Å². The first kappa shape index (κ1) is 8.34. The number of rotatable bonds is 2. The van der Waals surface area contributed by atoms with Gasteiger partial charge in [-0.1, -0.05) is 5.92 Å². The quantitative estimate of drug-likeness (QED) is 0.628. The summed E-state index contributed by atoms with van der Waals surface area (Å²) in [6, 6.07) is 3.47. The third kappa shape index (κ3) is 1.86. The Morgan fingerprint density at radius 3 is 2.83 bits per heavy atom. The molecule has 0 unspecified atom stereocenters. The smallest absolute Gasteiger partial charge is 0.151 e. The summed E-state index contributed by atoms with van der Waals surface area (Å²) in [5.41, 5.74) is 5.37. The molecule has 1 heterocycles. The number of nitrogens with zero attached hydrogens (tertiary/aromatic N) is 3. The molecule has 0 aliphatic heterocycles. The first-order valence-electron chi connectivity index (χ1n) is 3.48. The van der Waals surface area contributed by atoms with Crippen LogP contribution in [0.25, 0.3) is 0 Å². The molecule has 0 fully saturated rings. The molecule has 0 aromatic carbocycles. The number of hydrogen-bond donors (Lipinski definition) is 1. The third-order valence-electron chi connectivity index (χ3n) is 1.39. The van der Waals surface area contributed by atoms with Gasteiger partial charge in [0.05, 0.1) is 6.54 Å². The van der Waals surface area contributed by atoms with Crippen molar-refractivity contribution in [1.82, 2.24) is 10.2 Å². The minimum Gasteiger partial charge on any atom is -0.382 e. The largest absolute Gasteiger partial charge is 0.382 e. The summed E-state index contributed by atoms with van der Waals surface area (Å²) in [6.45, 7) is 0.512. The Balaban J connectivity index is 2.76. The third-order valence-corrected chi connectivity index (χ3v) is 1.39. The number of nitrogen functional groups attached to an aromatic ring is 1. The van der Waals surface area contributed by atoms with Crippen molar-refractivity contribution in [2.45, 2.75) is 0 Å². The van der Waals surface area contributed by atoms with Crippen molar-refractivity contribution in [2.75, 3.05) is 24.2 Å². The van der Waals surface area contributed by atoms with Gasteiger partial charge in [0.25, 0.3) is 0 Å². The number of anilines is 2. The van der Waals surface area contributed by atoms with Gasteiger partial charge in [0.1, 0.15) is 5.82 Å². The standard InChI is InChI=1S/C8H10N4/c1-3-6-12(2)8-5-4-7(9)10-11-8/h1,4-5H,6H2,2H3,(H2,9,10). The molecule has 1 rings (SSSR count). The molecule has 2 N–H and O–H groups in total. The van der Waals surface area contributed by atoms with Gasteiger partial charge >= 0.3 is 0 Å². The van der Waals surface area contributed by atoms with Gasteiger partial charge < -0.3 is 10.6 Å². The molecule has 0 bridgehead atoms. The van der Waals surface area contributed by atoms with E-state index in [1.807, 2.05) is 11.9 Å². The molecule has 4 heteroatoms. The van der Waals surface area contributed by atoms with Crippen molar-refractivity contribution < 1.29 is 0 Å². The zero-order valence-corrected chi connectivity index (χ0v) is 6.86. The van der Waals surface area contributed by atoms with Crippen LogP contribution in [0.3, 0.4) is 0 Å². The Morgan fingerprint density at radius 1 is 1.58 bits per heavy atom. The Morgan fingerprint density at radius 2 is 2.33 bits per heavy atom. The van der Waals surface area contributed by atoms with Gasteiger partial charge in [0.15, 0.2) is 5.82 Å². The van der Waals surface area contributed by atoms with Crippen molar-refractivity contribution in [3.8, 4) is 12.3 Å². The first-order chi connectivity index (χ1) is 5.74. The van der Waals surface area contributed by atoms with E-state index in [0.29, 0.717) is 12.4 Å². The predicted molar refractivity (Wildman–Crippen MR) is 48.5 cm³/mol. The summed E-state index contributed by atoms with van der Waals surface area (Å²) in [5, 5.41) is 7.55. The maximum atomic E-state index is 5.37. The van der Waals surface area contributed by atoms with E-state index in [2.05, 4.69) is 16.1 Å². The van der Waals surface area contributed by atoms with Crippen LogP contribution in [0.15, 0.2) is 12.1 Å². The van der Waals surface area contributed by atoms with Gasteiger partial charge in [-0.3, -0.25) is 0 Å². The Bertz CT molecular complexity index is 285. The lowest BCUT2D eigenvalue weighted by Gasteiger charge is -2.12. The second kappa shape index (κ2) is 3.58. The molecule has 12 heavy (non-hydrogen) atoms. The van der Waals surface area contributed by atoms with Crippen LogP contribution in [0.5, 0.6) is 0 Å². The molecule has 1 aromatic heterocycles. The minimum absolute atomic E-state index is 0.410. The number of terminal acetylenes is 1. The van der Waals surface area contributed by atoms with E-state index < -0.39 is 0 Å². The van der Waals surface area contributed by atoms with Crippen molar-refractivity contribution in [2.24, 2.45) is 0 Å². The summed E-state index contributed by atoms with van der Waals surface area (Å²) in [4.78, 5) is 1.81. The van der Waals surface area contributed by atoms with Gasteiger partial charge in [-0.2, -0.15) is 0 Å². The zero-order chi connectivity index (χ0) is 8.97. The SMILES string of the molecule is C#CCN(C)c1ccc(N)nn1. The monoisotopic (exact) mass is 162 g/mol. The van der Waals surface area contributed by atoms with E-state index in [1.165, 1.54) is 0 Å². The van der Waals surface area contributed by atoms with Crippen LogP contribution < -0.4 is 10.6 Å². The fourth-order valence-electron chi connectivity index (χ4n) is 0.757. The second-order valence-electron chi connectivity index (χ2n) is 2.38. The van der Waals surface area contributed by atoms with Gasteiger partial charge in [-0.25, -0.2) is 0 Å². The van der Waals surface area contributed by atoms with Gasteiger partial charge in [0, 0.05) is 7.05 Å². The maximum absolute atomic E-state index is 5.37. The van der Waals surface area contributed by atoms with E-state index in [4.69, 9.17) is 12.2 Å². The van der Waals surface area contributed by atoms with E-state index in [-0.39, 0.29) is 0 Å². The predicted octanol–water partition coefficient (Wildman–Crippen LogP) is 0.128. The summed E-state index contributed by atoms with van der Waals surface area (Å²) >= 11 is 0. The molecule has 62 valence electrons. The minimum atomic E-state index is 0.410. The molecule has 0 radical (unpaired) electrons. The highest BCUT2D eigenvalue weighted by Crippen LogP contribution is 2.06. The van der Waals surface area contributed by atoms with Crippen LogP contribution in [-0.4, -0.2) is 23.8 Å². The lowest BCUT2D eigenvalue weighted by Crippen LogP contribution is -2.18. The van der Waals surface area contributed by atoms with Crippen molar-refractivity contribution in [3.63, 3.8) is 0 Å². The second-order valence-corrected chi connectivity index (χ2v) is 2.38. The molecule has 4 nitrogen and oxygen atoms in total. The summed E-state index contributed by atoms with van der Waals surface area (Å²) in [6.07, 6.45) is 5.13. The highest BCUT2D eigenvalue weighted by Gasteiger charge is 1.99. The molecule has 0 aliphatic carbocycles. The van der Waals surface area contributed by atoms with Gasteiger partial charge in [0.2, 0.25) is 0 Å². The molecular formula is C8H10N4. The molecule has 0 amide bonds. The van der Waals surface area contributed by atoms with E-state index in [1.54, 1.807) is 12.1 Å². The molecule has 0 aliphatic rings. The lowest BCUT2D eigenvalue weighted by atomic mass is 10.4. The van der Waals surface area contributed by atoms with Crippen molar-refractivity contribution >= 4 is 11.6 Å². The van der Waals surface area contributed by atoms with Crippen LogP contribution in [0.1, 0.15) is 0 Å². The van der Waals surface area contributed by atoms with E-state index in [0.717, 1.165) is 5.82 Å². The number of aromatic nitrogens is 2. The zero-order valence-electron chi connectivity index (χ0n) is 6.86. The fraction of sp³-hybridized carbons (Fsp3) is 0.250. The lowest BCUT2D eigenvalue weighted by molar-refractivity contribution is 0.941. The van der Waals surface area contributed by atoms with Crippen LogP contribution in [0.4, 0.5) is 11.6 Å². The molecule has 0 atom stereocenters. The average molecular weight is 162 g/mol. The number of nitrogens with two attached hydrogens (primary N) is 1. The Hall–Kier alpha value is -1.76. The summed E-state index contributed by atoms with van der Waals surface area (Å²) in [5.74, 6) is 3.64. The highest BCUT2D eigenvalue weighted by molar-refractivity contribution is 5.41. The molecular weight excluding hydrogens is 152 g/mol. The van der Waals surface area contributed by atoms with E-state index in [9.17, 15) is 0 Å². The van der Waals surface area contributed by atoms with Crippen LogP contribution in [0, 0.1) is 12.3 Å². The Labute approximate surface area is 71.4 Å². The van der Waals surface area contributed by atoms with Crippen LogP contribution >= 0.6 is 0 Å². The molecule has 0 saturated heterocycles. The van der Waals surface area contributed by atoms with Crippen molar-refractivity contribution in [1.29, 1.82) is 0 Å². The summed E-state index contributed by atoms with van der Waals surface area (Å²) < 4.78 is 0. The van der Waals surface area contributed by atoms with Gasteiger partial charge in [-0.15, -0.1) is 16.6 Å². The Kier molecular flexibility index (Phi) is 2.49. The van der Waals surface area contributed by atoms with Crippen LogP contribution in [-0.2, 0) is 0 Å². The van der Waals surface area contributed by atoms with E-state index >= 15 is 0 Å². The normalized spacial score (nSPS) is 9.00. The van der Waals surface area contributed by atoms with Gasteiger partial charge in [-0.05, 0) is 12.1 Å². The fourth-order valence-corrected chi connectivity index (χ4v) is 0.757. The molecule has 0 spiro atoms.